The van der Waals surface area contributed by atoms with Crippen LogP contribution in [0.4, 0.5) is 10.2 Å². The van der Waals surface area contributed by atoms with Gasteiger partial charge in [-0.05, 0) is 31.7 Å². The number of nitrogens with one attached hydrogen (secondary N) is 3. The van der Waals surface area contributed by atoms with Crippen molar-refractivity contribution in [2.75, 3.05) is 11.9 Å². The Morgan fingerprint density at radius 3 is 2.63 bits per heavy atom. The monoisotopic (exact) mass is 500 g/mol. The molecule has 11 heteroatoms. The van der Waals surface area contributed by atoms with Crippen LogP contribution < -0.4 is 26.2 Å². The maximum Gasteiger partial charge on any atom is 0.263 e. The summed E-state index contributed by atoms with van der Waals surface area (Å²) in [5.41, 5.74) is 2.04. The van der Waals surface area contributed by atoms with E-state index in [0.717, 1.165) is 25.7 Å². The Balaban J connectivity index is 1.16. The van der Waals surface area contributed by atoms with Crippen molar-refractivity contribution in [2.24, 2.45) is 7.05 Å². The molecule has 1 amide bonds. The van der Waals surface area contributed by atoms with Crippen molar-refractivity contribution in [3.05, 3.63) is 56.8 Å². The number of rotatable bonds is 6. The van der Waals surface area contributed by atoms with Gasteiger partial charge < -0.3 is 25.3 Å². The maximum atomic E-state index is 14.6. The number of carbonyl (C=O) groups is 1. The second-order valence-corrected chi connectivity index (χ2v) is 9.37. The van der Waals surface area contributed by atoms with E-state index in [1.54, 1.807) is 19.2 Å². The summed E-state index contributed by atoms with van der Waals surface area (Å²) in [5, 5.41) is 10.2. The summed E-state index contributed by atoms with van der Waals surface area (Å²) in [6.45, 7) is 0.766. The molecule has 0 saturated heterocycles. The minimum Gasteiger partial charge on any atom is -0.480 e. The highest BCUT2D eigenvalue weighted by molar-refractivity contribution is 6.31. The molecule has 1 saturated carbocycles. The Bertz CT molecular complexity index is 1340. The third-order valence-corrected chi connectivity index (χ3v) is 6.99. The fraction of sp³-hybridized carbons (Fsp3) is 0.417. The van der Waals surface area contributed by atoms with E-state index < -0.39 is 5.82 Å². The van der Waals surface area contributed by atoms with Crippen LogP contribution in [0.15, 0.2) is 29.2 Å². The Labute approximate surface area is 206 Å². The molecule has 1 aliphatic carbocycles. The smallest absolute Gasteiger partial charge is 0.263 e. The molecule has 35 heavy (non-hydrogen) atoms. The number of nitrogens with zero attached hydrogens (tertiary/aromatic N) is 3. The summed E-state index contributed by atoms with van der Waals surface area (Å²) in [6.07, 6.45) is 4.95. The summed E-state index contributed by atoms with van der Waals surface area (Å²) in [7, 11) is 1.64. The van der Waals surface area contributed by atoms with Crippen molar-refractivity contribution in [3.8, 4) is 5.75 Å². The Morgan fingerprint density at radius 1 is 1.17 bits per heavy atom. The number of amides is 1. The average Bonchev–Trinajstić information content (AvgIpc) is 2.85. The molecule has 184 valence electrons. The molecule has 9 nitrogen and oxygen atoms in total. The zero-order valence-electron chi connectivity index (χ0n) is 19.2. The normalized spacial score (nSPS) is 19.8. The van der Waals surface area contributed by atoms with Crippen LogP contribution >= 0.6 is 11.6 Å². The minimum absolute atomic E-state index is 0.0397. The average molecular weight is 501 g/mol. The van der Waals surface area contributed by atoms with Gasteiger partial charge in [-0.1, -0.05) is 11.6 Å². The number of halogens is 2. The molecule has 4 heterocycles. The molecule has 0 atom stereocenters. The molecule has 0 spiro atoms. The van der Waals surface area contributed by atoms with Gasteiger partial charge in [0.05, 0.1) is 27.9 Å². The van der Waals surface area contributed by atoms with E-state index in [1.165, 1.54) is 16.8 Å². The van der Waals surface area contributed by atoms with Gasteiger partial charge in [-0.25, -0.2) is 9.37 Å². The lowest BCUT2D eigenvalue weighted by Gasteiger charge is -2.30. The summed E-state index contributed by atoms with van der Waals surface area (Å²) < 4.78 is 21.4. The molecule has 1 aliphatic heterocycles. The van der Waals surface area contributed by atoms with Gasteiger partial charge in [0.2, 0.25) is 0 Å². The molecule has 5 rings (SSSR count). The van der Waals surface area contributed by atoms with Gasteiger partial charge in [-0.2, -0.15) is 0 Å². The van der Waals surface area contributed by atoms with Crippen LogP contribution in [0.5, 0.6) is 5.75 Å². The molecule has 0 radical (unpaired) electrons. The van der Waals surface area contributed by atoms with Crippen molar-refractivity contribution in [1.82, 2.24) is 25.2 Å². The molecule has 0 aromatic carbocycles. The highest BCUT2D eigenvalue weighted by Gasteiger charge is 2.23. The van der Waals surface area contributed by atoms with Crippen LogP contribution in [0.3, 0.4) is 0 Å². The van der Waals surface area contributed by atoms with Crippen LogP contribution in [0.25, 0.3) is 11.0 Å². The van der Waals surface area contributed by atoms with E-state index in [0.29, 0.717) is 58.0 Å². The highest BCUT2D eigenvalue weighted by Crippen LogP contribution is 2.31. The first-order valence-corrected chi connectivity index (χ1v) is 12.0. The number of aromatic nitrogens is 3. The second kappa shape index (κ2) is 9.88. The number of carbonyl (C=O) groups excluding carboxylic acids is 1. The third kappa shape index (κ3) is 5.00. The molecular formula is C24H26ClFN6O3. The predicted molar refractivity (Wildman–Crippen MR) is 130 cm³/mol. The third-order valence-electron chi connectivity index (χ3n) is 6.67. The van der Waals surface area contributed by atoms with Crippen molar-refractivity contribution in [3.63, 3.8) is 0 Å². The van der Waals surface area contributed by atoms with E-state index >= 15 is 0 Å². The van der Waals surface area contributed by atoms with E-state index in [1.807, 2.05) is 0 Å². The summed E-state index contributed by atoms with van der Waals surface area (Å²) in [4.78, 5) is 32.2. The van der Waals surface area contributed by atoms with Crippen LogP contribution in [-0.2, 0) is 24.9 Å². The quantitative estimate of drug-likeness (QED) is 0.477. The highest BCUT2D eigenvalue weighted by atomic mass is 35.5. The number of anilines is 1. The zero-order valence-corrected chi connectivity index (χ0v) is 20.0. The van der Waals surface area contributed by atoms with Crippen LogP contribution in [0, 0.1) is 5.82 Å². The molecule has 3 aromatic rings. The number of pyridine rings is 3. The molecule has 2 aliphatic rings. The van der Waals surface area contributed by atoms with Gasteiger partial charge in [-0.15, -0.1) is 0 Å². The SMILES string of the molecule is Cn1c(=O)ccc2ncc(F)c(CNC3CCC(NCc4nc5c(cc4Cl)OCC(=O)N5)CC3)c21. The lowest BCUT2D eigenvalue weighted by molar-refractivity contribution is -0.118. The van der Waals surface area contributed by atoms with E-state index in [-0.39, 0.29) is 24.1 Å². The molecule has 1 fully saturated rings. The number of hydrogen-bond acceptors (Lipinski definition) is 7. The Morgan fingerprint density at radius 2 is 1.89 bits per heavy atom. The minimum atomic E-state index is -0.419. The lowest BCUT2D eigenvalue weighted by atomic mass is 9.91. The van der Waals surface area contributed by atoms with E-state index in [2.05, 4.69) is 25.9 Å². The molecule has 0 bridgehead atoms. The summed E-state index contributed by atoms with van der Waals surface area (Å²) in [6, 6.07) is 5.29. The van der Waals surface area contributed by atoms with E-state index in [4.69, 9.17) is 16.3 Å². The Hall–Kier alpha value is -3.08. The molecule has 3 aromatic heterocycles. The van der Waals surface area contributed by atoms with Crippen LogP contribution in [-0.4, -0.2) is 39.1 Å². The van der Waals surface area contributed by atoms with Crippen molar-refractivity contribution >= 4 is 34.4 Å². The standard InChI is InChI=1S/C24H26ClFN6O3/c1-32-22(34)7-6-18-23(32)15(17(26)10-29-18)9-27-13-2-4-14(5-3-13)28-11-19-16(25)8-20-24(30-19)31-21(33)12-35-20/h6-8,10,13-14,27-28H,2-5,9,11-12H2,1H3,(H,30,31,33). The first-order chi connectivity index (χ1) is 16.9. The molecule has 0 unspecified atom stereocenters. The van der Waals surface area contributed by atoms with Crippen LogP contribution in [0.2, 0.25) is 5.02 Å². The summed E-state index contributed by atoms with van der Waals surface area (Å²) in [5.74, 6) is 0.212. The topological polar surface area (TPSA) is 110 Å². The molecule has 3 N–H and O–H groups in total. The summed E-state index contributed by atoms with van der Waals surface area (Å²) >= 11 is 6.35. The predicted octanol–water partition coefficient (Wildman–Crippen LogP) is 2.64. The van der Waals surface area contributed by atoms with E-state index in [9.17, 15) is 14.0 Å². The van der Waals surface area contributed by atoms with Crippen molar-refractivity contribution in [1.29, 1.82) is 0 Å². The van der Waals surface area contributed by atoms with Gasteiger partial charge in [0, 0.05) is 49.9 Å². The number of ether oxygens (including phenoxy) is 1. The van der Waals surface area contributed by atoms with Gasteiger partial charge >= 0.3 is 0 Å². The second-order valence-electron chi connectivity index (χ2n) is 8.96. The van der Waals surface area contributed by atoms with Crippen LogP contribution in [0.1, 0.15) is 36.9 Å². The first-order valence-electron chi connectivity index (χ1n) is 11.6. The van der Waals surface area contributed by atoms with Crippen molar-refractivity contribution < 1.29 is 13.9 Å². The fourth-order valence-electron chi connectivity index (χ4n) is 4.70. The van der Waals surface area contributed by atoms with Gasteiger partial charge in [0.15, 0.2) is 18.2 Å². The number of hydrogen-bond donors (Lipinski definition) is 3. The van der Waals surface area contributed by atoms with Gasteiger partial charge in [-0.3, -0.25) is 14.6 Å². The zero-order chi connectivity index (χ0) is 24.5. The number of aryl methyl sites for hydroxylation is 1. The maximum absolute atomic E-state index is 14.6. The Kier molecular flexibility index (Phi) is 6.68. The van der Waals surface area contributed by atoms with Gasteiger partial charge in [0.1, 0.15) is 5.82 Å². The fourth-order valence-corrected chi connectivity index (χ4v) is 4.91. The largest absolute Gasteiger partial charge is 0.480 e. The first kappa shape index (κ1) is 23.7. The molecular weight excluding hydrogens is 475 g/mol. The number of fused-ring (bicyclic) bond motifs is 2. The van der Waals surface area contributed by atoms with Crippen molar-refractivity contribution in [2.45, 2.75) is 50.9 Å². The lowest BCUT2D eigenvalue weighted by Crippen LogP contribution is -2.39. The van der Waals surface area contributed by atoms with Gasteiger partial charge in [0.25, 0.3) is 11.5 Å².